The molecule has 2 heterocycles. The summed E-state index contributed by atoms with van der Waals surface area (Å²) in [7, 11) is 0. The number of hydrogen-bond donors (Lipinski definition) is 2. The van der Waals surface area contributed by atoms with Gasteiger partial charge in [-0.1, -0.05) is 42.5 Å². The first-order chi connectivity index (χ1) is 17.4. The second kappa shape index (κ2) is 11.3. The first-order valence-corrected chi connectivity index (χ1v) is 12.3. The second-order valence-electron chi connectivity index (χ2n) is 9.64. The van der Waals surface area contributed by atoms with Crippen LogP contribution in [0.3, 0.4) is 0 Å². The molecule has 0 aromatic heterocycles. The third-order valence-corrected chi connectivity index (χ3v) is 6.79. The van der Waals surface area contributed by atoms with Gasteiger partial charge < -0.3 is 5.32 Å². The van der Waals surface area contributed by atoms with Gasteiger partial charge in [0.15, 0.2) is 0 Å². The van der Waals surface area contributed by atoms with Crippen molar-refractivity contribution >= 4 is 17.8 Å². The Kier molecular flexibility index (Phi) is 7.98. The lowest BCUT2D eigenvalue weighted by molar-refractivity contribution is -0.139. The minimum atomic E-state index is -1.06. The fourth-order valence-electron chi connectivity index (χ4n) is 4.64. The molecule has 4 rings (SSSR count). The third-order valence-electron chi connectivity index (χ3n) is 6.79. The molecule has 2 N–H and O–H groups in total. The Bertz CT molecular complexity index is 1130. The number of rotatable bonds is 8. The van der Waals surface area contributed by atoms with Gasteiger partial charge in [-0.05, 0) is 62.5 Å². The highest BCUT2D eigenvalue weighted by atomic mass is 16.2. The van der Waals surface area contributed by atoms with E-state index >= 15 is 0 Å². The van der Waals surface area contributed by atoms with E-state index in [0.29, 0.717) is 24.9 Å². The van der Waals surface area contributed by atoms with Crippen LogP contribution in [-0.4, -0.2) is 70.9 Å². The van der Waals surface area contributed by atoms with Crippen LogP contribution >= 0.6 is 0 Å². The van der Waals surface area contributed by atoms with Crippen LogP contribution in [0.2, 0.25) is 0 Å². The number of urea groups is 1. The van der Waals surface area contributed by atoms with Crippen molar-refractivity contribution in [1.82, 2.24) is 25.6 Å². The number of imide groups is 1. The summed E-state index contributed by atoms with van der Waals surface area (Å²) in [6, 6.07) is 18.9. The molecule has 36 heavy (non-hydrogen) atoms. The molecule has 2 aliphatic heterocycles. The molecule has 2 aromatic carbocycles. The summed E-state index contributed by atoms with van der Waals surface area (Å²) in [5.41, 5.74) is 4.33. The Labute approximate surface area is 211 Å². The Morgan fingerprint density at radius 1 is 1.00 bits per heavy atom. The van der Waals surface area contributed by atoms with E-state index in [1.807, 2.05) is 59.5 Å². The van der Waals surface area contributed by atoms with Crippen LogP contribution in [0.15, 0.2) is 54.6 Å². The number of carbonyl (C=O) groups is 3. The molecular formula is C27H32N6O3. The van der Waals surface area contributed by atoms with Gasteiger partial charge in [0.05, 0.1) is 18.2 Å². The minimum absolute atomic E-state index is 0.114. The molecule has 9 heteroatoms. The van der Waals surface area contributed by atoms with Crippen molar-refractivity contribution in [2.45, 2.75) is 38.3 Å². The summed E-state index contributed by atoms with van der Waals surface area (Å²) >= 11 is 0. The first kappa shape index (κ1) is 25.4. The summed E-state index contributed by atoms with van der Waals surface area (Å²) in [5, 5.41) is 12.5. The molecular weight excluding hydrogens is 456 g/mol. The zero-order valence-corrected chi connectivity index (χ0v) is 20.6. The van der Waals surface area contributed by atoms with Crippen molar-refractivity contribution in [2.75, 3.05) is 32.7 Å². The molecule has 188 valence electrons. The van der Waals surface area contributed by atoms with Crippen molar-refractivity contribution in [3.05, 3.63) is 71.3 Å². The van der Waals surface area contributed by atoms with Gasteiger partial charge in [0.25, 0.3) is 11.8 Å². The molecule has 1 atom stereocenters. The lowest BCUT2D eigenvalue weighted by Gasteiger charge is -2.23. The number of nitriles is 1. The lowest BCUT2D eigenvalue weighted by atomic mass is 9.93. The van der Waals surface area contributed by atoms with Crippen LogP contribution in [-0.2, 0) is 22.6 Å². The number of nitrogens with one attached hydrogen (secondary N) is 2. The largest absolute Gasteiger partial charge is 0.344 e. The summed E-state index contributed by atoms with van der Waals surface area (Å²) in [4.78, 5) is 42.6. The highest BCUT2D eigenvalue weighted by Crippen LogP contribution is 2.22. The van der Waals surface area contributed by atoms with Crippen molar-refractivity contribution in [1.29, 1.82) is 5.26 Å². The third kappa shape index (κ3) is 6.27. The van der Waals surface area contributed by atoms with Gasteiger partial charge in [0, 0.05) is 19.6 Å². The van der Waals surface area contributed by atoms with Gasteiger partial charge in [0.1, 0.15) is 5.54 Å². The second-order valence-corrected chi connectivity index (χ2v) is 9.64. The lowest BCUT2D eigenvalue weighted by Crippen LogP contribution is -2.51. The molecule has 2 aliphatic rings. The molecule has 2 saturated heterocycles. The van der Waals surface area contributed by atoms with Crippen LogP contribution in [0.4, 0.5) is 4.79 Å². The van der Waals surface area contributed by atoms with Gasteiger partial charge in [-0.15, -0.1) is 0 Å². The van der Waals surface area contributed by atoms with Crippen LogP contribution in [0.5, 0.6) is 0 Å². The number of carbonyl (C=O) groups excluding carboxylic acids is 3. The summed E-state index contributed by atoms with van der Waals surface area (Å²) in [6.07, 6.45) is 1.98. The van der Waals surface area contributed by atoms with E-state index in [4.69, 9.17) is 5.26 Å². The maximum Gasteiger partial charge on any atom is 0.344 e. The van der Waals surface area contributed by atoms with Gasteiger partial charge in [-0.3, -0.25) is 24.8 Å². The summed E-state index contributed by atoms with van der Waals surface area (Å²) < 4.78 is 0. The predicted octanol–water partition coefficient (Wildman–Crippen LogP) is 2.04. The summed E-state index contributed by atoms with van der Waals surface area (Å²) in [5.74, 6) is -0.826. The fraction of sp³-hybridized carbons (Fsp3) is 0.407. The number of nitrogens with zero attached hydrogens (tertiary/aromatic N) is 4. The quantitative estimate of drug-likeness (QED) is 0.551. The smallest absolute Gasteiger partial charge is 0.322 e. The monoisotopic (exact) mass is 488 g/mol. The van der Waals surface area contributed by atoms with Gasteiger partial charge >= 0.3 is 6.03 Å². The van der Waals surface area contributed by atoms with Crippen LogP contribution in [0.25, 0.3) is 0 Å². The first-order valence-electron chi connectivity index (χ1n) is 12.3. The van der Waals surface area contributed by atoms with E-state index < -0.39 is 17.5 Å². The van der Waals surface area contributed by atoms with E-state index in [2.05, 4.69) is 21.7 Å². The van der Waals surface area contributed by atoms with Crippen molar-refractivity contribution in [3.8, 4) is 6.07 Å². The number of hydrazine groups is 1. The standard InChI is InChI=1S/C27H32N6O3/c1-27(13-12-21-6-3-2-4-7-21)25(35)33(26(36)29-27)30-24(34)20-32-15-5-14-31(16-17-32)19-23-10-8-22(18-28)9-11-23/h2-4,6-11H,5,12-17,19-20H2,1H3,(H,29,36)(H,30,34). The Hall–Kier alpha value is -3.74. The van der Waals surface area contributed by atoms with E-state index in [0.717, 1.165) is 48.7 Å². The number of hydrogen-bond acceptors (Lipinski definition) is 6. The Morgan fingerprint density at radius 2 is 1.69 bits per heavy atom. The highest BCUT2D eigenvalue weighted by Gasteiger charge is 2.48. The minimum Gasteiger partial charge on any atom is -0.322 e. The molecule has 0 aliphatic carbocycles. The van der Waals surface area contributed by atoms with E-state index in [1.165, 1.54) is 0 Å². The summed E-state index contributed by atoms with van der Waals surface area (Å²) in [6.45, 7) is 5.77. The van der Waals surface area contributed by atoms with Crippen molar-refractivity contribution in [3.63, 3.8) is 0 Å². The fourth-order valence-corrected chi connectivity index (χ4v) is 4.64. The zero-order chi connectivity index (χ0) is 25.5. The molecule has 2 aromatic rings. The number of aryl methyl sites for hydroxylation is 1. The van der Waals surface area contributed by atoms with E-state index in [1.54, 1.807) is 6.92 Å². The Balaban J connectivity index is 1.25. The van der Waals surface area contributed by atoms with Gasteiger partial charge in [-0.25, -0.2) is 4.79 Å². The van der Waals surface area contributed by atoms with Crippen LogP contribution < -0.4 is 10.7 Å². The van der Waals surface area contributed by atoms with Crippen LogP contribution in [0.1, 0.15) is 36.5 Å². The van der Waals surface area contributed by atoms with Gasteiger partial charge in [-0.2, -0.15) is 10.3 Å². The Morgan fingerprint density at radius 3 is 2.42 bits per heavy atom. The normalized spacial score (nSPS) is 21.1. The van der Waals surface area contributed by atoms with E-state index in [-0.39, 0.29) is 12.5 Å². The zero-order valence-electron chi connectivity index (χ0n) is 20.6. The van der Waals surface area contributed by atoms with E-state index in [9.17, 15) is 14.4 Å². The highest BCUT2D eigenvalue weighted by molar-refractivity contribution is 6.07. The number of amides is 4. The van der Waals surface area contributed by atoms with Crippen molar-refractivity contribution < 1.29 is 14.4 Å². The predicted molar refractivity (Wildman–Crippen MR) is 134 cm³/mol. The number of benzene rings is 2. The average molecular weight is 489 g/mol. The molecule has 1 unspecified atom stereocenters. The van der Waals surface area contributed by atoms with Crippen molar-refractivity contribution in [2.24, 2.45) is 0 Å². The SMILES string of the molecule is CC1(CCc2ccccc2)NC(=O)N(NC(=O)CN2CCCN(Cc3ccc(C#N)cc3)CC2)C1=O. The maximum atomic E-state index is 13.0. The van der Waals surface area contributed by atoms with Gasteiger partial charge in [0.2, 0.25) is 0 Å². The molecule has 0 radical (unpaired) electrons. The molecule has 0 spiro atoms. The molecule has 2 fully saturated rings. The molecule has 0 bridgehead atoms. The molecule has 9 nitrogen and oxygen atoms in total. The topological polar surface area (TPSA) is 109 Å². The molecule has 0 saturated carbocycles. The average Bonchev–Trinajstić information content (AvgIpc) is 3.01. The molecule has 4 amide bonds. The maximum absolute atomic E-state index is 13.0. The van der Waals surface area contributed by atoms with Crippen LogP contribution in [0, 0.1) is 11.3 Å².